The third kappa shape index (κ3) is 10.5. The Bertz CT molecular complexity index is 2240. The maximum Gasteiger partial charge on any atom is 0.241 e. The molecule has 10 nitrogen and oxygen atoms in total. The van der Waals surface area contributed by atoms with Gasteiger partial charge in [-0.05, 0) is 78.2 Å². The molecular formula is C48H55N3O7S. The van der Waals surface area contributed by atoms with Crippen molar-refractivity contribution in [2.24, 2.45) is 5.92 Å². The first-order valence-corrected chi connectivity index (χ1v) is 21.9. The number of likely N-dealkylation sites (tertiary alicyclic amines) is 1. The molecule has 2 saturated heterocycles. The molecule has 1 amide bonds. The summed E-state index contributed by atoms with van der Waals surface area (Å²) in [4.78, 5) is 16.4. The van der Waals surface area contributed by atoms with Gasteiger partial charge in [0.1, 0.15) is 6.04 Å². The number of sulfonamides is 1. The van der Waals surface area contributed by atoms with E-state index in [0.717, 1.165) is 70.4 Å². The molecule has 0 radical (unpaired) electrons. The highest BCUT2D eigenvalue weighted by Gasteiger charge is 2.40. The van der Waals surface area contributed by atoms with E-state index < -0.39 is 28.3 Å². The molecular weight excluding hydrogens is 763 g/mol. The van der Waals surface area contributed by atoms with Crippen molar-refractivity contribution in [1.29, 1.82) is 0 Å². The topological polar surface area (TPSA) is 126 Å². The van der Waals surface area contributed by atoms with E-state index in [-0.39, 0.29) is 42.6 Å². The molecule has 0 aliphatic carbocycles. The minimum Gasteiger partial charge on any atom is -0.392 e. The van der Waals surface area contributed by atoms with Crippen molar-refractivity contribution in [2.75, 3.05) is 26.8 Å². The fraction of sp³-hybridized carbons (Fsp3) is 0.354. The van der Waals surface area contributed by atoms with E-state index in [1.165, 1.54) is 0 Å². The predicted octanol–water partition coefficient (Wildman–Crippen LogP) is 7.26. The lowest BCUT2D eigenvalue weighted by Crippen LogP contribution is -2.47. The highest BCUT2D eigenvalue weighted by molar-refractivity contribution is 7.89. The van der Waals surface area contributed by atoms with Crippen LogP contribution in [0.3, 0.4) is 0 Å². The molecule has 310 valence electrons. The van der Waals surface area contributed by atoms with Crippen LogP contribution in [0.15, 0.2) is 132 Å². The van der Waals surface area contributed by atoms with Crippen molar-refractivity contribution in [1.82, 2.24) is 14.9 Å². The number of carbonyl (C=O) groups excluding carboxylic acids is 1. The van der Waals surface area contributed by atoms with Crippen molar-refractivity contribution >= 4 is 15.9 Å². The summed E-state index contributed by atoms with van der Waals surface area (Å²) < 4.78 is 48.7. The molecule has 0 bridgehead atoms. The summed E-state index contributed by atoms with van der Waals surface area (Å²) in [5.41, 5.74) is 7.35. The van der Waals surface area contributed by atoms with Gasteiger partial charge in [0, 0.05) is 37.7 Å². The monoisotopic (exact) mass is 817 g/mol. The van der Waals surface area contributed by atoms with Crippen LogP contribution in [0, 0.1) is 12.8 Å². The first-order chi connectivity index (χ1) is 28.6. The first kappa shape index (κ1) is 42.4. The number of carbonyl (C=O) groups is 1. The molecule has 2 fully saturated rings. The fourth-order valence-corrected chi connectivity index (χ4v) is 9.36. The number of nitrogens with one attached hydrogen (secondary N) is 2. The van der Waals surface area contributed by atoms with Crippen LogP contribution in [-0.2, 0) is 48.6 Å². The van der Waals surface area contributed by atoms with Gasteiger partial charge in [0.25, 0.3) is 0 Å². The van der Waals surface area contributed by atoms with Gasteiger partial charge >= 0.3 is 0 Å². The predicted molar refractivity (Wildman–Crippen MR) is 229 cm³/mol. The number of hydrogen-bond acceptors (Lipinski definition) is 8. The number of ether oxygens (including phenoxy) is 3. The highest BCUT2D eigenvalue weighted by atomic mass is 32.2. The van der Waals surface area contributed by atoms with Gasteiger partial charge in [-0.2, -0.15) is 4.72 Å². The molecule has 11 heteroatoms. The van der Waals surface area contributed by atoms with E-state index in [2.05, 4.69) is 21.9 Å². The van der Waals surface area contributed by atoms with Crippen molar-refractivity contribution < 1.29 is 32.5 Å². The Morgan fingerprint density at radius 3 is 2.27 bits per heavy atom. The van der Waals surface area contributed by atoms with Crippen LogP contribution >= 0.6 is 0 Å². The summed E-state index contributed by atoms with van der Waals surface area (Å²) in [6.07, 6.45) is 1.52. The number of nitrogens with zero attached hydrogens (tertiary/aromatic N) is 1. The van der Waals surface area contributed by atoms with Gasteiger partial charge < -0.3 is 24.6 Å². The second-order valence-electron chi connectivity index (χ2n) is 15.7. The fourth-order valence-electron chi connectivity index (χ4n) is 8.17. The maximum absolute atomic E-state index is 13.8. The molecule has 3 N–H and O–H groups in total. The Kier molecular flexibility index (Phi) is 14.1. The van der Waals surface area contributed by atoms with E-state index in [9.17, 15) is 18.3 Å². The third-order valence-electron chi connectivity index (χ3n) is 11.6. The first-order valence-electron chi connectivity index (χ1n) is 20.4. The van der Waals surface area contributed by atoms with Gasteiger partial charge in [-0.15, -0.1) is 0 Å². The van der Waals surface area contributed by atoms with Gasteiger partial charge in [-0.1, -0.05) is 128 Å². The summed E-state index contributed by atoms with van der Waals surface area (Å²) in [6.45, 7) is 6.74. The van der Waals surface area contributed by atoms with Crippen LogP contribution in [0.5, 0.6) is 0 Å². The van der Waals surface area contributed by atoms with Crippen LogP contribution in [0.4, 0.5) is 0 Å². The number of aliphatic hydroxyl groups is 1. The summed E-state index contributed by atoms with van der Waals surface area (Å²) in [5.74, 6) is -0.352. The molecule has 2 aliphatic rings. The Balaban J connectivity index is 1.08. The van der Waals surface area contributed by atoms with Crippen molar-refractivity contribution in [2.45, 2.75) is 81.7 Å². The van der Waals surface area contributed by atoms with Gasteiger partial charge in [0.2, 0.25) is 15.9 Å². The van der Waals surface area contributed by atoms with E-state index in [1.807, 2.05) is 110 Å². The molecule has 2 aliphatic heterocycles. The van der Waals surface area contributed by atoms with Gasteiger partial charge in [-0.3, -0.25) is 9.69 Å². The average molecular weight is 818 g/mol. The Morgan fingerprint density at radius 1 is 0.864 bits per heavy atom. The smallest absolute Gasteiger partial charge is 0.241 e. The van der Waals surface area contributed by atoms with Crippen LogP contribution in [0.2, 0.25) is 0 Å². The minimum atomic E-state index is -3.98. The molecule has 0 saturated carbocycles. The van der Waals surface area contributed by atoms with E-state index in [0.29, 0.717) is 12.6 Å². The summed E-state index contributed by atoms with van der Waals surface area (Å²) in [7, 11) is -2.22. The average Bonchev–Trinajstić information content (AvgIpc) is 3.70. The lowest BCUT2D eigenvalue weighted by atomic mass is 9.89. The van der Waals surface area contributed by atoms with E-state index in [4.69, 9.17) is 14.2 Å². The summed E-state index contributed by atoms with van der Waals surface area (Å²) in [5, 5.41) is 12.7. The third-order valence-corrected chi connectivity index (χ3v) is 13.1. The van der Waals surface area contributed by atoms with Gasteiger partial charge in [0.05, 0.1) is 30.3 Å². The SMILES string of the molecule is COCC1CCCN1CC1OC(c2ccc(-c3ccccc3CNC(=O)C(Cc3ccccc3)NS(=O)(=O)c3ccc(C)cc3)cc2)OC(c2ccc(CO)cc2)C1C. The van der Waals surface area contributed by atoms with Crippen LogP contribution < -0.4 is 10.0 Å². The molecule has 59 heavy (non-hydrogen) atoms. The molecule has 0 aromatic heterocycles. The quantitative estimate of drug-likeness (QED) is 0.0951. The molecule has 0 spiro atoms. The molecule has 5 aromatic rings. The molecule has 6 atom stereocenters. The molecule has 5 aromatic carbocycles. The minimum absolute atomic E-state index is 0.0156. The summed E-state index contributed by atoms with van der Waals surface area (Å²) in [6, 6.07) is 39.3. The zero-order chi connectivity index (χ0) is 41.4. The Labute approximate surface area is 348 Å². The largest absolute Gasteiger partial charge is 0.392 e. The standard InChI is InChI=1S/C48H55N3O7S/c1-33-15-25-42(26-16-33)59(54,55)50-44(28-35-10-5-4-6-11-35)47(53)49-29-40-12-7-8-14-43(40)37-21-23-39(24-22-37)48-57-45(30-51-27-9-13-41(51)32-56-3)34(2)46(58-48)38-19-17-36(31-52)18-20-38/h4-8,10-12,14-26,34,41,44-46,48,50,52H,9,13,27-32H2,1-3H3,(H,49,53). The number of amides is 1. The molecule has 7 rings (SSSR count). The number of aliphatic hydroxyl groups excluding tert-OH is 1. The van der Waals surface area contributed by atoms with E-state index in [1.54, 1.807) is 31.4 Å². The highest BCUT2D eigenvalue weighted by Crippen LogP contribution is 2.42. The lowest BCUT2D eigenvalue weighted by molar-refractivity contribution is -0.276. The van der Waals surface area contributed by atoms with Gasteiger partial charge in [-0.25, -0.2) is 8.42 Å². The van der Waals surface area contributed by atoms with Crippen molar-refractivity contribution in [3.63, 3.8) is 0 Å². The van der Waals surface area contributed by atoms with Crippen molar-refractivity contribution in [3.05, 3.63) is 161 Å². The number of aryl methyl sites for hydroxylation is 1. The van der Waals surface area contributed by atoms with E-state index >= 15 is 0 Å². The number of hydrogen-bond donors (Lipinski definition) is 3. The number of rotatable bonds is 16. The normalized spacial score (nSPS) is 21.6. The summed E-state index contributed by atoms with van der Waals surface area (Å²) >= 11 is 0. The second-order valence-corrected chi connectivity index (χ2v) is 17.5. The second kappa shape index (κ2) is 19.6. The van der Waals surface area contributed by atoms with Crippen LogP contribution in [0.1, 0.15) is 65.5 Å². The van der Waals surface area contributed by atoms with Gasteiger partial charge in [0.15, 0.2) is 6.29 Å². The Hall–Kier alpha value is -4.72. The molecule has 6 unspecified atom stereocenters. The molecule has 2 heterocycles. The van der Waals surface area contributed by atoms with Crippen LogP contribution in [0.25, 0.3) is 11.1 Å². The zero-order valence-corrected chi connectivity index (χ0v) is 34.8. The van der Waals surface area contributed by atoms with Crippen LogP contribution in [-0.4, -0.2) is 69.3 Å². The lowest BCUT2D eigenvalue weighted by Gasteiger charge is -2.43. The van der Waals surface area contributed by atoms with Crippen molar-refractivity contribution in [3.8, 4) is 11.1 Å². The number of benzene rings is 5. The Morgan fingerprint density at radius 2 is 1.56 bits per heavy atom. The zero-order valence-electron chi connectivity index (χ0n) is 34.0. The maximum atomic E-state index is 13.8. The number of methoxy groups -OCH3 is 1.